The number of aromatic nitrogens is 1. The van der Waals surface area contributed by atoms with Gasteiger partial charge in [0.25, 0.3) is 0 Å². The summed E-state index contributed by atoms with van der Waals surface area (Å²) in [7, 11) is -3.48. The number of benzene rings is 1. The molecule has 0 aliphatic carbocycles. The van der Waals surface area contributed by atoms with E-state index in [4.69, 9.17) is 0 Å². The standard InChI is InChI=1S/C17H20N2O3S/c1-3-6-17(20)15-8-4-9-16(11-15)19(23(2,21)22)13-14-7-5-10-18-12-14/h4-5,7-12H,3,6,13H2,1-2H3. The molecule has 0 amide bonds. The van der Waals surface area contributed by atoms with Gasteiger partial charge in [0.15, 0.2) is 5.78 Å². The lowest BCUT2D eigenvalue weighted by Crippen LogP contribution is -2.29. The van der Waals surface area contributed by atoms with Gasteiger partial charge in [-0.1, -0.05) is 25.1 Å². The molecule has 2 aromatic rings. The molecule has 1 heterocycles. The molecule has 0 spiro atoms. The number of pyridine rings is 1. The van der Waals surface area contributed by atoms with Gasteiger partial charge in [0.1, 0.15) is 0 Å². The van der Waals surface area contributed by atoms with E-state index in [-0.39, 0.29) is 12.3 Å². The molecular weight excluding hydrogens is 312 g/mol. The molecule has 0 saturated heterocycles. The number of carbonyl (C=O) groups is 1. The number of Topliss-reactive ketones (excluding diaryl/α,β-unsaturated/α-hetero) is 1. The Morgan fingerprint density at radius 3 is 2.61 bits per heavy atom. The molecule has 23 heavy (non-hydrogen) atoms. The maximum atomic E-state index is 12.2. The Balaban J connectivity index is 2.37. The van der Waals surface area contributed by atoms with Crippen LogP contribution < -0.4 is 4.31 Å². The molecule has 0 unspecified atom stereocenters. The van der Waals surface area contributed by atoms with E-state index in [1.165, 1.54) is 4.31 Å². The minimum atomic E-state index is -3.48. The summed E-state index contributed by atoms with van der Waals surface area (Å²) in [5.74, 6) is 0.0178. The van der Waals surface area contributed by atoms with Crippen molar-refractivity contribution >= 4 is 21.5 Å². The van der Waals surface area contributed by atoms with Crippen LogP contribution in [0.15, 0.2) is 48.8 Å². The molecule has 0 atom stereocenters. The van der Waals surface area contributed by atoms with Crippen LogP contribution in [0.2, 0.25) is 0 Å². The zero-order chi connectivity index (χ0) is 16.9. The van der Waals surface area contributed by atoms with Crippen LogP contribution in [0.1, 0.15) is 35.7 Å². The Morgan fingerprint density at radius 2 is 2.00 bits per heavy atom. The van der Waals surface area contributed by atoms with Crippen molar-refractivity contribution in [2.24, 2.45) is 0 Å². The fraction of sp³-hybridized carbons (Fsp3) is 0.294. The smallest absolute Gasteiger partial charge is 0.232 e. The molecule has 0 aliphatic heterocycles. The number of ketones is 1. The van der Waals surface area contributed by atoms with E-state index in [9.17, 15) is 13.2 Å². The van der Waals surface area contributed by atoms with Gasteiger partial charge in [-0.25, -0.2) is 8.42 Å². The fourth-order valence-corrected chi connectivity index (χ4v) is 3.14. The van der Waals surface area contributed by atoms with E-state index in [1.807, 2.05) is 13.0 Å². The van der Waals surface area contributed by atoms with Crippen LogP contribution >= 0.6 is 0 Å². The molecule has 0 N–H and O–H groups in total. The predicted octanol–water partition coefficient (Wildman–Crippen LogP) is 3.03. The number of sulfonamides is 1. The summed E-state index contributed by atoms with van der Waals surface area (Å²) in [6.07, 6.45) is 5.63. The molecule has 1 aromatic heterocycles. The summed E-state index contributed by atoms with van der Waals surface area (Å²) in [6, 6.07) is 10.3. The summed E-state index contributed by atoms with van der Waals surface area (Å²) >= 11 is 0. The van der Waals surface area contributed by atoms with E-state index in [0.717, 1.165) is 18.2 Å². The summed E-state index contributed by atoms with van der Waals surface area (Å²) < 4.78 is 25.6. The Morgan fingerprint density at radius 1 is 1.22 bits per heavy atom. The van der Waals surface area contributed by atoms with Crippen LogP contribution in [0.4, 0.5) is 5.69 Å². The van der Waals surface area contributed by atoms with Crippen molar-refractivity contribution in [1.82, 2.24) is 4.98 Å². The maximum Gasteiger partial charge on any atom is 0.232 e. The van der Waals surface area contributed by atoms with Crippen molar-refractivity contribution in [3.63, 3.8) is 0 Å². The minimum absolute atomic E-state index is 0.0178. The van der Waals surface area contributed by atoms with Gasteiger partial charge in [0.05, 0.1) is 18.5 Å². The number of hydrogen-bond donors (Lipinski definition) is 0. The molecule has 5 nitrogen and oxygen atoms in total. The number of nitrogens with zero attached hydrogens (tertiary/aromatic N) is 2. The van der Waals surface area contributed by atoms with Gasteiger partial charge in [-0.3, -0.25) is 14.1 Å². The second-order valence-electron chi connectivity index (χ2n) is 5.35. The number of rotatable bonds is 7. The highest BCUT2D eigenvalue weighted by Gasteiger charge is 2.19. The maximum absolute atomic E-state index is 12.2. The third-order valence-corrected chi connectivity index (χ3v) is 4.52. The van der Waals surface area contributed by atoms with E-state index >= 15 is 0 Å². The summed E-state index contributed by atoms with van der Waals surface area (Å²) in [5, 5.41) is 0. The highest BCUT2D eigenvalue weighted by molar-refractivity contribution is 7.92. The van der Waals surface area contributed by atoms with Crippen molar-refractivity contribution < 1.29 is 13.2 Å². The summed E-state index contributed by atoms with van der Waals surface area (Å²) in [4.78, 5) is 16.1. The molecular formula is C17H20N2O3S. The SMILES string of the molecule is CCCC(=O)c1cccc(N(Cc2cccnc2)S(C)(=O)=O)c1. The van der Waals surface area contributed by atoms with Crippen LogP contribution in [0.3, 0.4) is 0 Å². The molecule has 1 aromatic carbocycles. The first-order valence-corrected chi connectivity index (χ1v) is 9.26. The van der Waals surface area contributed by atoms with E-state index in [1.54, 1.807) is 42.7 Å². The Labute approximate surface area is 137 Å². The third-order valence-electron chi connectivity index (χ3n) is 3.38. The monoisotopic (exact) mass is 332 g/mol. The van der Waals surface area contributed by atoms with E-state index in [0.29, 0.717) is 17.7 Å². The lowest BCUT2D eigenvalue weighted by molar-refractivity contribution is 0.0981. The van der Waals surface area contributed by atoms with E-state index in [2.05, 4.69) is 4.98 Å². The molecule has 0 fully saturated rings. The second-order valence-corrected chi connectivity index (χ2v) is 7.26. The summed E-state index contributed by atoms with van der Waals surface area (Å²) in [5.41, 5.74) is 1.80. The minimum Gasteiger partial charge on any atom is -0.294 e. The average molecular weight is 332 g/mol. The third kappa shape index (κ3) is 4.63. The Bertz CT molecular complexity index is 773. The average Bonchev–Trinajstić information content (AvgIpc) is 2.53. The largest absolute Gasteiger partial charge is 0.294 e. The van der Waals surface area contributed by atoms with Crippen molar-refractivity contribution in [3.8, 4) is 0 Å². The van der Waals surface area contributed by atoms with Crippen molar-refractivity contribution in [3.05, 3.63) is 59.9 Å². The van der Waals surface area contributed by atoms with Gasteiger partial charge < -0.3 is 0 Å². The zero-order valence-corrected chi connectivity index (χ0v) is 14.1. The van der Waals surface area contributed by atoms with Crippen LogP contribution in [0.25, 0.3) is 0 Å². The van der Waals surface area contributed by atoms with Crippen molar-refractivity contribution in [2.45, 2.75) is 26.3 Å². The molecule has 6 heteroatoms. The molecule has 122 valence electrons. The van der Waals surface area contributed by atoms with Crippen molar-refractivity contribution in [2.75, 3.05) is 10.6 Å². The van der Waals surface area contributed by atoms with Crippen LogP contribution in [-0.4, -0.2) is 25.4 Å². The van der Waals surface area contributed by atoms with Gasteiger partial charge in [0.2, 0.25) is 10.0 Å². The Kier molecular flexibility index (Phi) is 5.50. The first kappa shape index (κ1) is 17.1. The van der Waals surface area contributed by atoms with Crippen LogP contribution in [-0.2, 0) is 16.6 Å². The molecule has 0 bridgehead atoms. The van der Waals surface area contributed by atoms with Gasteiger partial charge in [-0.05, 0) is 30.2 Å². The fourth-order valence-electron chi connectivity index (χ4n) is 2.26. The topological polar surface area (TPSA) is 67.3 Å². The predicted molar refractivity (Wildman–Crippen MR) is 90.9 cm³/mol. The number of hydrogen-bond acceptors (Lipinski definition) is 4. The van der Waals surface area contributed by atoms with E-state index < -0.39 is 10.0 Å². The van der Waals surface area contributed by atoms with Crippen LogP contribution in [0, 0.1) is 0 Å². The molecule has 2 rings (SSSR count). The van der Waals surface area contributed by atoms with Gasteiger partial charge in [0, 0.05) is 24.4 Å². The van der Waals surface area contributed by atoms with Gasteiger partial charge in [-0.2, -0.15) is 0 Å². The van der Waals surface area contributed by atoms with Crippen molar-refractivity contribution in [1.29, 1.82) is 0 Å². The van der Waals surface area contributed by atoms with Gasteiger partial charge in [-0.15, -0.1) is 0 Å². The second kappa shape index (κ2) is 7.37. The first-order chi connectivity index (χ1) is 10.9. The first-order valence-electron chi connectivity index (χ1n) is 7.41. The Hall–Kier alpha value is -2.21. The quantitative estimate of drug-likeness (QED) is 0.731. The lowest BCUT2D eigenvalue weighted by atomic mass is 10.1. The zero-order valence-electron chi connectivity index (χ0n) is 13.3. The number of anilines is 1. The molecule has 0 radical (unpaired) electrons. The molecule has 0 saturated carbocycles. The van der Waals surface area contributed by atoms with Gasteiger partial charge >= 0.3 is 0 Å². The highest BCUT2D eigenvalue weighted by Crippen LogP contribution is 2.22. The lowest BCUT2D eigenvalue weighted by Gasteiger charge is -2.23. The normalized spacial score (nSPS) is 11.2. The van der Waals surface area contributed by atoms with Crippen LogP contribution in [0.5, 0.6) is 0 Å². The highest BCUT2D eigenvalue weighted by atomic mass is 32.2. The molecule has 0 aliphatic rings. The summed E-state index contributed by atoms with van der Waals surface area (Å²) in [6.45, 7) is 2.12. The number of carbonyl (C=O) groups excluding carboxylic acids is 1.